The normalized spacial score (nSPS) is 25.1. The lowest BCUT2D eigenvalue weighted by atomic mass is 9.85. The van der Waals surface area contributed by atoms with E-state index in [1.807, 2.05) is 115 Å². The van der Waals surface area contributed by atoms with Crippen molar-refractivity contribution in [3.63, 3.8) is 0 Å². The SMILES string of the molecule is C.CC[C@@H]1C[C@@]12NC(=O)[C@@H]1C[C@H](CN1C(=O)[C@@H](N)C(C)(C)C)Oc1nc3c(cccc3n1C(C)C)-c1nc(C(C)C)c(s1)CC/C=C\CCCCS(=O)(=O)NC2=O.CC[C@@H]1C[C@@]12NC(=O)[C@@H]1C[C@H](CN1C(=O)[C@@H](NC(=O)OC(C)(C)C)C(C)(C)C)Oc1nc3c(cccc3n1C(C)C)-c1nc(C(C)C)c(s1)CC/C=C\CCCCS(=O)(=O)NC2=O. The number of likely N-dealkylation sites (tertiary alicyclic amines) is 2. The highest BCUT2D eigenvalue weighted by Gasteiger charge is 2.63. The number of hydrogen-bond donors (Lipinski definition) is 6. The van der Waals surface area contributed by atoms with E-state index in [0.717, 1.165) is 80.3 Å². The number of aromatic nitrogens is 6. The monoisotopic (exact) mass is 1730 g/mol. The van der Waals surface area contributed by atoms with Crippen LogP contribution in [0.2, 0.25) is 0 Å². The van der Waals surface area contributed by atoms with Crippen LogP contribution >= 0.6 is 22.7 Å². The summed E-state index contributed by atoms with van der Waals surface area (Å²) < 4.78 is 80.4. The van der Waals surface area contributed by atoms with Crippen molar-refractivity contribution in [1.82, 2.24) is 64.3 Å². The molecule has 4 aliphatic heterocycles. The lowest BCUT2D eigenvalue weighted by Gasteiger charge is -2.36. The lowest BCUT2D eigenvalue weighted by molar-refractivity contribution is -0.143. The first-order chi connectivity index (χ1) is 55.8. The van der Waals surface area contributed by atoms with Crippen LogP contribution in [0.5, 0.6) is 12.0 Å². The highest BCUT2D eigenvalue weighted by Crippen LogP contribution is 2.49. The van der Waals surface area contributed by atoms with Crippen LogP contribution < -0.4 is 40.6 Å². The molecule has 120 heavy (non-hydrogen) atoms. The number of para-hydroxylation sites is 2. The van der Waals surface area contributed by atoms with Crippen LogP contribution in [0.1, 0.15) is 274 Å². The molecule has 32 heteroatoms. The average molecular weight is 1740 g/mol. The molecule has 2 saturated heterocycles. The summed E-state index contributed by atoms with van der Waals surface area (Å²) in [6.07, 6.45) is 14.7. The molecule has 0 radical (unpaired) electrons. The van der Waals surface area contributed by atoms with Gasteiger partial charge in [0.2, 0.25) is 43.7 Å². The van der Waals surface area contributed by atoms with Gasteiger partial charge >= 0.3 is 6.09 Å². The third kappa shape index (κ3) is 21.3. The van der Waals surface area contributed by atoms with Crippen LogP contribution in [0.15, 0.2) is 60.7 Å². The van der Waals surface area contributed by atoms with Crippen molar-refractivity contribution >= 4 is 106 Å². The van der Waals surface area contributed by atoms with Crippen LogP contribution in [-0.2, 0) is 66.4 Å². The van der Waals surface area contributed by atoms with E-state index in [-0.39, 0.29) is 87.0 Å². The maximum Gasteiger partial charge on any atom is 0.408 e. The van der Waals surface area contributed by atoms with Gasteiger partial charge in [-0.05, 0) is 184 Å². The first-order valence-electron chi connectivity index (χ1n) is 42.6. The summed E-state index contributed by atoms with van der Waals surface area (Å²) in [6.45, 7) is 36.8. The number of hydrogen-bond acceptors (Lipinski definition) is 21. The Morgan fingerprint density at radius 1 is 0.583 bits per heavy atom. The summed E-state index contributed by atoms with van der Waals surface area (Å²) in [7, 11) is -7.97. The van der Waals surface area contributed by atoms with Crippen LogP contribution in [0.4, 0.5) is 4.79 Å². The van der Waals surface area contributed by atoms with Crippen LogP contribution in [0.3, 0.4) is 0 Å². The van der Waals surface area contributed by atoms with Crippen molar-refractivity contribution in [2.45, 2.75) is 319 Å². The van der Waals surface area contributed by atoms with Gasteiger partial charge in [-0.2, -0.15) is 9.97 Å². The fraction of sp³-hybridized carbons (Fsp3) is 0.648. The Balaban J connectivity index is 0.000000252. The minimum atomic E-state index is -4.02. The van der Waals surface area contributed by atoms with Crippen molar-refractivity contribution in [2.75, 3.05) is 24.6 Å². The summed E-state index contributed by atoms with van der Waals surface area (Å²) in [5, 5.41) is 10.3. The Bertz CT molecular complexity index is 5060. The average Bonchev–Trinajstić information content (AvgIpc) is 1.57. The van der Waals surface area contributed by atoms with Gasteiger partial charge in [-0.3, -0.25) is 47.3 Å². The number of nitrogens with one attached hydrogen (secondary N) is 5. The number of aryl methyl sites for hydroxylation is 2. The maximum atomic E-state index is 14.8. The fourth-order valence-corrected chi connectivity index (χ4v) is 21.4. The zero-order chi connectivity index (χ0) is 87.0. The molecule has 7 N–H and O–H groups in total. The van der Waals surface area contributed by atoms with Gasteiger partial charge in [-0.1, -0.05) is 140 Å². The van der Waals surface area contributed by atoms with Gasteiger partial charge in [0.1, 0.15) is 68.1 Å². The van der Waals surface area contributed by atoms with E-state index in [9.17, 15) is 50.4 Å². The predicted octanol–water partition coefficient (Wildman–Crippen LogP) is 14.2. The van der Waals surface area contributed by atoms with E-state index in [1.54, 1.807) is 43.4 Å². The first-order valence-corrected chi connectivity index (χ1v) is 47.5. The van der Waals surface area contributed by atoms with Gasteiger partial charge in [-0.15, -0.1) is 22.7 Å². The van der Waals surface area contributed by atoms with E-state index in [4.69, 9.17) is 39.9 Å². The van der Waals surface area contributed by atoms with Crippen LogP contribution in [0.25, 0.3) is 43.2 Å². The number of nitrogens with zero attached hydrogens (tertiary/aromatic N) is 8. The zero-order valence-electron chi connectivity index (χ0n) is 72.8. The third-order valence-electron chi connectivity index (χ3n) is 23.3. The molecule has 0 unspecified atom stereocenters. The molecule has 2 spiro atoms. The number of rotatable bonds is 9. The van der Waals surface area contributed by atoms with Gasteiger partial charge in [0, 0.05) is 45.8 Å². The summed E-state index contributed by atoms with van der Waals surface area (Å²) in [5.41, 5.74) is 8.48. The van der Waals surface area contributed by atoms with Crippen LogP contribution in [0, 0.1) is 22.7 Å². The summed E-state index contributed by atoms with van der Waals surface area (Å²) in [6, 6.07) is 8.45. The predicted molar refractivity (Wildman–Crippen MR) is 471 cm³/mol. The second-order valence-electron chi connectivity index (χ2n) is 37.3. The second-order valence-corrected chi connectivity index (χ2v) is 43.2. The number of alkyl carbamates (subject to hydrolysis) is 1. The minimum absolute atomic E-state index is 0. The molecular formula is C88H130N14O14S4. The standard InChI is InChI=1S/C46H67N7O8S2.C41H59N7O6S2.CH4/c1-12-29-25-46(29)41(56)51-63(58,59)23-18-16-14-13-15-17-22-34-35(27(2)3)47-39(62-34)31-20-19-21-32-36(31)48-42(53(32)28(4)5)60-30-24-33(38(54)50-46)52(26-30)40(55)37(44(6,7)8)49-43(57)61-45(9,10)11;1-9-26-22-41(26)38(51)46-56(52,53)20-15-13-11-10-12-14-19-31-32(24(2)3)43-36(55-31)28-17-16-18-29-33(28)44-39(48(29)25(4)5)54-27-21-30(35(49)45-41)47(23-27)37(50)34(42)40(6,7)8;/h13,15,19-21,27-30,33,37H,12,14,16-18,22-26H2,1-11H3,(H,49,57)(H,50,54)(H,51,56);10,12,16-18,24-27,30,34H,9,11,13-15,19-23,42H2,1-8H3,(H,45,49)(H,46,51);1H4/b15-13-;12-10-;/t29-,30-,33+,37-,46-;26-,27-,30+,34-,41-;/m11./s1. The van der Waals surface area contributed by atoms with Crippen molar-refractivity contribution in [3.05, 3.63) is 81.8 Å². The molecule has 4 fully saturated rings. The fourth-order valence-electron chi connectivity index (χ4n) is 16.6. The number of allylic oxidation sites excluding steroid dienone is 4. The van der Waals surface area contributed by atoms with Gasteiger partial charge in [0.25, 0.3) is 23.8 Å². The Hall–Kier alpha value is -8.33. The van der Waals surface area contributed by atoms with E-state index in [1.165, 1.54) is 19.6 Å². The molecule has 6 aliphatic rings. The molecule has 8 heterocycles. The molecule has 12 rings (SSSR count). The number of amides is 7. The van der Waals surface area contributed by atoms with Gasteiger partial charge in [0.15, 0.2) is 0 Å². The van der Waals surface area contributed by atoms with E-state index < -0.39 is 125 Å². The molecule has 2 aliphatic carbocycles. The van der Waals surface area contributed by atoms with E-state index in [2.05, 4.69) is 91.2 Å². The smallest absolute Gasteiger partial charge is 0.408 e. The summed E-state index contributed by atoms with van der Waals surface area (Å²) in [4.78, 5) is 124. The highest BCUT2D eigenvalue weighted by molar-refractivity contribution is 7.90. The molecule has 6 aromatic rings. The number of benzene rings is 2. The van der Waals surface area contributed by atoms with Crippen molar-refractivity contribution in [1.29, 1.82) is 0 Å². The van der Waals surface area contributed by atoms with Crippen molar-refractivity contribution in [2.24, 2.45) is 28.4 Å². The maximum absolute atomic E-state index is 14.8. The number of imidazole rings is 2. The lowest BCUT2D eigenvalue weighted by Crippen LogP contribution is -2.60. The highest BCUT2D eigenvalue weighted by atomic mass is 32.2. The number of carbonyl (C=O) groups is 7. The van der Waals surface area contributed by atoms with Gasteiger partial charge in [0.05, 0.1) is 53.1 Å². The third-order valence-corrected chi connectivity index (χ3v) is 28.3. The molecule has 2 aromatic carbocycles. The van der Waals surface area contributed by atoms with Gasteiger partial charge < -0.3 is 45.7 Å². The van der Waals surface area contributed by atoms with Gasteiger partial charge in [-0.25, -0.2) is 31.6 Å². The molecular weight excluding hydrogens is 1610 g/mol. The first kappa shape index (κ1) is 93.9. The minimum Gasteiger partial charge on any atom is -0.459 e. The molecule has 7 amide bonds. The number of carbonyl (C=O) groups excluding carboxylic acids is 7. The molecule has 28 nitrogen and oxygen atoms in total. The van der Waals surface area contributed by atoms with Crippen molar-refractivity contribution in [3.8, 4) is 33.2 Å². The Morgan fingerprint density at radius 3 is 1.34 bits per heavy atom. The molecule has 12 bridgehead atoms. The summed E-state index contributed by atoms with van der Waals surface area (Å²) in [5.74, 6) is -4.23. The topological polar surface area (TPSA) is 370 Å². The number of fused-ring (bicyclic) bond motifs is 12. The van der Waals surface area contributed by atoms with E-state index in [0.29, 0.717) is 69.8 Å². The molecule has 660 valence electrons. The number of sulfonamides is 2. The molecule has 10 atom stereocenters. The quantitative estimate of drug-likeness (QED) is 0.0732. The summed E-state index contributed by atoms with van der Waals surface area (Å²) >= 11 is 3.34. The largest absolute Gasteiger partial charge is 0.459 e. The second kappa shape index (κ2) is 37.4. The number of ether oxygens (including phenoxy) is 3. The molecule has 2 saturated carbocycles. The number of nitrogens with two attached hydrogens (primary N) is 1. The molecule has 4 aromatic heterocycles. The van der Waals surface area contributed by atoms with Crippen molar-refractivity contribution < 1.29 is 64.6 Å². The van der Waals surface area contributed by atoms with Crippen LogP contribution in [-0.4, -0.2) is 175 Å². The Labute approximate surface area is 717 Å². The Kier molecular flexibility index (Phi) is 29.3. The zero-order valence-corrected chi connectivity index (χ0v) is 76.1. The number of thiazole rings is 2. The van der Waals surface area contributed by atoms with E-state index >= 15 is 0 Å². The Morgan fingerprint density at radius 2 is 0.983 bits per heavy atom.